The van der Waals surface area contributed by atoms with Gasteiger partial charge in [0.25, 0.3) is 0 Å². The Morgan fingerprint density at radius 2 is 2.26 bits per heavy atom. The first-order chi connectivity index (χ1) is 8.97. The molecule has 2 aromatic heterocycles. The van der Waals surface area contributed by atoms with Crippen molar-refractivity contribution in [2.24, 2.45) is 7.05 Å². The van der Waals surface area contributed by atoms with E-state index in [0.717, 1.165) is 5.56 Å². The molecule has 0 amide bonds. The Morgan fingerprint density at radius 1 is 1.53 bits per heavy atom. The molecule has 0 radical (unpaired) electrons. The largest absolute Gasteiger partial charge is 0.350 e. The van der Waals surface area contributed by atoms with Gasteiger partial charge in [0, 0.05) is 49.1 Å². The topological polar surface area (TPSA) is 77.1 Å². The van der Waals surface area contributed by atoms with Gasteiger partial charge in [0.1, 0.15) is 0 Å². The van der Waals surface area contributed by atoms with E-state index in [1.807, 2.05) is 13.2 Å². The molecule has 2 heterocycles. The first kappa shape index (κ1) is 13.5. The molecule has 19 heavy (non-hydrogen) atoms. The number of pyridine rings is 1. The molecule has 8 heteroatoms. The van der Waals surface area contributed by atoms with Crippen molar-refractivity contribution in [2.75, 3.05) is 11.9 Å². The van der Waals surface area contributed by atoms with Gasteiger partial charge in [-0.15, -0.1) is 0 Å². The molecule has 0 spiro atoms. The smallest absolute Gasteiger partial charge is 0.312 e. The van der Waals surface area contributed by atoms with E-state index >= 15 is 0 Å². The summed E-state index contributed by atoms with van der Waals surface area (Å²) in [5.41, 5.74) is 0.935. The van der Waals surface area contributed by atoms with Crippen molar-refractivity contribution in [3.8, 4) is 0 Å². The Kier molecular flexibility index (Phi) is 3.79. The molecule has 2 aromatic rings. The van der Waals surface area contributed by atoms with Crippen molar-refractivity contribution in [3.63, 3.8) is 0 Å². The average Bonchev–Trinajstić information content (AvgIpc) is 2.74. The minimum absolute atomic E-state index is 0.0271. The maximum atomic E-state index is 11.0. The molecule has 7 nitrogen and oxygen atoms in total. The van der Waals surface area contributed by atoms with Crippen LogP contribution in [0, 0.1) is 10.1 Å². The van der Waals surface area contributed by atoms with Crippen molar-refractivity contribution in [1.29, 1.82) is 0 Å². The molecule has 0 aliphatic carbocycles. The summed E-state index contributed by atoms with van der Waals surface area (Å²) in [6.07, 6.45) is 5.13. The second-order valence-electron chi connectivity index (χ2n) is 4.13. The molecule has 0 saturated carbocycles. The van der Waals surface area contributed by atoms with Gasteiger partial charge in [-0.1, -0.05) is 0 Å². The van der Waals surface area contributed by atoms with E-state index in [1.54, 1.807) is 29.0 Å². The predicted molar refractivity (Wildman–Crippen MR) is 73.9 cm³/mol. The van der Waals surface area contributed by atoms with E-state index in [-0.39, 0.29) is 5.69 Å². The first-order valence-electron chi connectivity index (χ1n) is 5.46. The van der Waals surface area contributed by atoms with Crippen LogP contribution >= 0.6 is 15.9 Å². The molecule has 0 bridgehead atoms. The van der Waals surface area contributed by atoms with Gasteiger partial charge in [0.05, 0.1) is 11.1 Å². The normalized spacial score (nSPS) is 10.5. The number of anilines is 1. The number of hydrogen-bond acceptors (Lipinski definition) is 5. The van der Waals surface area contributed by atoms with Crippen molar-refractivity contribution in [2.45, 2.75) is 6.54 Å². The van der Waals surface area contributed by atoms with Gasteiger partial charge in [-0.05, 0) is 15.9 Å². The SMILES string of the molecule is CN(Cc1cnn(C)c1)c1ncc(Br)cc1[N+](=O)[O-]. The third kappa shape index (κ3) is 3.08. The second kappa shape index (κ2) is 5.35. The number of nitro groups is 1. The maximum Gasteiger partial charge on any atom is 0.312 e. The summed E-state index contributed by atoms with van der Waals surface area (Å²) in [5, 5.41) is 15.1. The lowest BCUT2D eigenvalue weighted by molar-refractivity contribution is -0.384. The van der Waals surface area contributed by atoms with Crippen molar-refractivity contribution < 1.29 is 4.92 Å². The fourth-order valence-corrected chi connectivity index (χ4v) is 2.07. The molecule has 0 fully saturated rings. The number of nitrogens with zero attached hydrogens (tertiary/aromatic N) is 5. The van der Waals surface area contributed by atoms with Crippen LogP contribution in [0.15, 0.2) is 29.1 Å². The Hall–Kier alpha value is -1.96. The molecular weight excluding hydrogens is 314 g/mol. The summed E-state index contributed by atoms with van der Waals surface area (Å²) in [6, 6.07) is 1.45. The fraction of sp³-hybridized carbons (Fsp3) is 0.273. The van der Waals surface area contributed by atoms with Gasteiger partial charge in [-0.3, -0.25) is 14.8 Å². The number of aromatic nitrogens is 3. The van der Waals surface area contributed by atoms with Gasteiger partial charge in [0.15, 0.2) is 0 Å². The summed E-state index contributed by atoms with van der Waals surface area (Å²) < 4.78 is 2.27. The molecule has 0 aliphatic rings. The van der Waals surface area contributed by atoms with E-state index in [2.05, 4.69) is 26.0 Å². The van der Waals surface area contributed by atoms with Gasteiger partial charge in [-0.2, -0.15) is 5.10 Å². The Balaban J connectivity index is 2.28. The molecule has 0 unspecified atom stereocenters. The second-order valence-corrected chi connectivity index (χ2v) is 5.05. The molecule has 0 aromatic carbocycles. The van der Waals surface area contributed by atoms with E-state index in [9.17, 15) is 10.1 Å². The molecule has 0 N–H and O–H groups in total. The fourth-order valence-electron chi connectivity index (χ4n) is 1.75. The molecule has 0 atom stereocenters. The molecular formula is C11H12BrN5O2. The highest BCUT2D eigenvalue weighted by Crippen LogP contribution is 2.28. The molecule has 100 valence electrons. The quantitative estimate of drug-likeness (QED) is 0.635. The molecule has 0 aliphatic heterocycles. The number of aryl methyl sites for hydroxylation is 1. The minimum Gasteiger partial charge on any atom is -0.350 e. The van der Waals surface area contributed by atoms with E-state index in [4.69, 9.17) is 0 Å². The van der Waals surface area contributed by atoms with Crippen LogP contribution in [0.1, 0.15) is 5.56 Å². The lowest BCUT2D eigenvalue weighted by Gasteiger charge is -2.16. The van der Waals surface area contributed by atoms with E-state index in [0.29, 0.717) is 16.8 Å². The summed E-state index contributed by atoms with van der Waals surface area (Å²) in [6.45, 7) is 0.503. The van der Waals surface area contributed by atoms with Crippen LogP contribution in [0.25, 0.3) is 0 Å². The number of rotatable bonds is 4. The van der Waals surface area contributed by atoms with Crippen molar-refractivity contribution >= 4 is 27.4 Å². The molecule has 2 rings (SSSR count). The third-order valence-corrected chi connectivity index (χ3v) is 2.98. The van der Waals surface area contributed by atoms with Crippen molar-refractivity contribution in [1.82, 2.24) is 14.8 Å². The van der Waals surface area contributed by atoms with Crippen molar-refractivity contribution in [3.05, 3.63) is 44.8 Å². The molecule has 0 saturated heterocycles. The Morgan fingerprint density at radius 3 is 2.84 bits per heavy atom. The first-order valence-corrected chi connectivity index (χ1v) is 6.25. The van der Waals surface area contributed by atoms with Gasteiger partial charge < -0.3 is 4.90 Å². The highest BCUT2D eigenvalue weighted by Gasteiger charge is 2.19. The van der Waals surface area contributed by atoms with Crippen LogP contribution < -0.4 is 4.90 Å². The highest BCUT2D eigenvalue weighted by molar-refractivity contribution is 9.10. The minimum atomic E-state index is -0.438. The zero-order valence-corrected chi connectivity index (χ0v) is 12.0. The lowest BCUT2D eigenvalue weighted by Crippen LogP contribution is -2.18. The van der Waals surface area contributed by atoms with Gasteiger partial charge in [-0.25, -0.2) is 4.98 Å². The van der Waals surface area contributed by atoms with Crippen LogP contribution in [0.4, 0.5) is 11.5 Å². The predicted octanol–water partition coefficient (Wildman–Crippen LogP) is 2.12. The summed E-state index contributed by atoms with van der Waals surface area (Å²) >= 11 is 3.19. The summed E-state index contributed by atoms with van der Waals surface area (Å²) in [7, 11) is 3.58. The standard InChI is InChI=1S/C11H12BrN5O2/c1-15(6-8-4-14-16(2)7-8)11-10(17(18)19)3-9(12)5-13-11/h3-5,7H,6H2,1-2H3. The van der Waals surface area contributed by atoms with E-state index < -0.39 is 4.92 Å². The lowest BCUT2D eigenvalue weighted by atomic mass is 10.3. The zero-order valence-electron chi connectivity index (χ0n) is 10.4. The Labute approximate surface area is 118 Å². The van der Waals surface area contributed by atoms with E-state index in [1.165, 1.54) is 6.07 Å². The highest BCUT2D eigenvalue weighted by atomic mass is 79.9. The summed E-state index contributed by atoms with van der Waals surface area (Å²) in [4.78, 5) is 16.4. The zero-order chi connectivity index (χ0) is 14.0. The van der Waals surface area contributed by atoms with Crippen LogP contribution in [0.2, 0.25) is 0 Å². The van der Waals surface area contributed by atoms with Crippen LogP contribution in [0.3, 0.4) is 0 Å². The summed E-state index contributed by atoms with van der Waals surface area (Å²) in [5.74, 6) is 0.331. The maximum absolute atomic E-state index is 11.0. The number of hydrogen-bond donors (Lipinski definition) is 0. The van der Waals surface area contributed by atoms with Gasteiger partial charge >= 0.3 is 5.69 Å². The van der Waals surface area contributed by atoms with Crippen LogP contribution in [-0.4, -0.2) is 26.7 Å². The van der Waals surface area contributed by atoms with Gasteiger partial charge in [0.2, 0.25) is 5.82 Å². The Bertz CT molecular complexity index is 613. The van der Waals surface area contributed by atoms with Crippen LogP contribution in [-0.2, 0) is 13.6 Å². The third-order valence-electron chi connectivity index (χ3n) is 2.55. The van der Waals surface area contributed by atoms with Crippen LogP contribution in [0.5, 0.6) is 0 Å². The number of halogens is 1. The average molecular weight is 326 g/mol. The monoisotopic (exact) mass is 325 g/mol.